The van der Waals surface area contributed by atoms with Crippen molar-refractivity contribution < 1.29 is 0 Å². The number of rotatable bonds is 3. The minimum absolute atomic E-state index is 0.0608. The Balaban J connectivity index is 2.41. The monoisotopic (exact) mass is 216 g/mol. The number of hydrogen-bond acceptors (Lipinski definition) is 1. The summed E-state index contributed by atoms with van der Waals surface area (Å²) in [6.07, 6.45) is 3.61. The molecule has 0 aliphatic heterocycles. The molecule has 0 saturated carbocycles. The standard InChI is InChI=1S/C13H16N2O/c1-3-4-11-9-14-15(13(11)16)12-7-5-10(2)6-8-12/h5-9,14H,3-4H2,1-2H3. The smallest absolute Gasteiger partial charge is 0.274 e. The fraction of sp³-hybridized carbons (Fsp3) is 0.308. The number of nitrogens with zero attached hydrogens (tertiary/aromatic N) is 1. The van der Waals surface area contributed by atoms with Gasteiger partial charge in [-0.15, -0.1) is 0 Å². The second-order valence-electron chi connectivity index (χ2n) is 4.02. The van der Waals surface area contributed by atoms with Gasteiger partial charge in [-0.2, -0.15) is 0 Å². The van der Waals surface area contributed by atoms with Gasteiger partial charge in [0, 0.05) is 11.8 Å². The molecule has 0 saturated heterocycles. The largest absolute Gasteiger partial charge is 0.298 e. The van der Waals surface area contributed by atoms with E-state index in [4.69, 9.17) is 0 Å². The lowest BCUT2D eigenvalue weighted by atomic mass is 10.2. The summed E-state index contributed by atoms with van der Waals surface area (Å²) in [6.45, 7) is 4.10. The van der Waals surface area contributed by atoms with Crippen LogP contribution in [0.1, 0.15) is 24.5 Å². The van der Waals surface area contributed by atoms with Crippen LogP contribution >= 0.6 is 0 Å². The van der Waals surface area contributed by atoms with Crippen molar-refractivity contribution >= 4 is 0 Å². The van der Waals surface area contributed by atoms with Gasteiger partial charge in [-0.05, 0) is 25.5 Å². The molecule has 0 unspecified atom stereocenters. The molecule has 2 rings (SSSR count). The lowest BCUT2D eigenvalue weighted by molar-refractivity contribution is 0.840. The first-order chi connectivity index (χ1) is 7.72. The third-order valence-electron chi connectivity index (χ3n) is 2.66. The molecule has 0 bridgehead atoms. The number of hydrogen-bond donors (Lipinski definition) is 1. The average molecular weight is 216 g/mol. The number of aromatic amines is 1. The first-order valence-electron chi connectivity index (χ1n) is 5.58. The van der Waals surface area contributed by atoms with Gasteiger partial charge in [0.2, 0.25) is 0 Å². The average Bonchev–Trinajstić information content (AvgIpc) is 2.63. The Morgan fingerprint density at radius 1 is 1.25 bits per heavy atom. The number of H-pyrrole nitrogens is 1. The maximum absolute atomic E-state index is 12.0. The molecular formula is C13H16N2O. The van der Waals surface area contributed by atoms with Gasteiger partial charge < -0.3 is 0 Å². The van der Waals surface area contributed by atoms with Crippen LogP contribution in [0, 0.1) is 6.92 Å². The van der Waals surface area contributed by atoms with Crippen molar-refractivity contribution in [1.29, 1.82) is 0 Å². The van der Waals surface area contributed by atoms with E-state index in [9.17, 15) is 4.79 Å². The second kappa shape index (κ2) is 4.39. The van der Waals surface area contributed by atoms with Gasteiger partial charge in [-0.25, -0.2) is 4.68 Å². The number of aromatic nitrogens is 2. The van der Waals surface area contributed by atoms with Crippen molar-refractivity contribution in [2.45, 2.75) is 26.7 Å². The molecule has 0 radical (unpaired) electrons. The Bertz CT molecular complexity index is 520. The molecule has 0 atom stereocenters. The minimum atomic E-state index is 0.0608. The van der Waals surface area contributed by atoms with Crippen LogP contribution in [0.2, 0.25) is 0 Å². The Labute approximate surface area is 94.7 Å². The van der Waals surface area contributed by atoms with E-state index in [1.54, 1.807) is 10.9 Å². The molecule has 1 heterocycles. The lowest BCUT2D eigenvalue weighted by Gasteiger charge is -2.01. The summed E-state index contributed by atoms with van der Waals surface area (Å²) in [5, 5.41) is 3.00. The second-order valence-corrected chi connectivity index (χ2v) is 4.02. The van der Waals surface area contributed by atoms with E-state index in [0.717, 1.165) is 24.1 Å². The quantitative estimate of drug-likeness (QED) is 0.840. The van der Waals surface area contributed by atoms with Crippen molar-refractivity contribution in [2.75, 3.05) is 0 Å². The third kappa shape index (κ3) is 1.94. The van der Waals surface area contributed by atoms with Crippen LogP contribution in [0.4, 0.5) is 0 Å². The zero-order valence-corrected chi connectivity index (χ0v) is 9.66. The fourth-order valence-corrected chi connectivity index (χ4v) is 1.74. The normalized spacial score (nSPS) is 10.6. The van der Waals surface area contributed by atoms with E-state index in [2.05, 4.69) is 12.0 Å². The molecular weight excluding hydrogens is 200 g/mol. The molecule has 0 spiro atoms. The summed E-state index contributed by atoms with van der Waals surface area (Å²) in [4.78, 5) is 12.0. The predicted octanol–water partition coefficient (Wildman–Crippen LogP) is 2.43. The molecule has 0 aliphatic carbocycles. The fourth-order valence-electron chi connectivity index (χ4n) is 1.74. The molecule has 1 aromatic heterocycles. The summed E-state index contributed by atoms with van der Waals surface area (Å²) in [5.74, 6) is 0. The van der Waals surface area contributed by atoms with Crippen molar-refractivity contribution in [3.63, 3.8) is 0 Å². The van der Waals surface area contributed by atoms with Gasteiger partial charge >= 0.3 is 0 Å². The van der Waals surface area contributed by atoms with E-state index >= 15 is 0 Å². The molecule has 0 fully saturated rings. The molecule has 1 aromatic carbocycles. The van der Waals surface area contributed by atoms with Crippen LogP contribution < -0.4 is 5.56 Å². The first-order valence-corrected chi connectivity index (χ1v) is 5.58. The lowest BCUT2D eigenvalue weighted by Crippen LogP contribution is -2.17. The maximum Gasteiger partial charge on any atom is 0.274 e. The molecule has 3 nitrogen and oxygen atoms in total. The molecule has 2 aromatic rings. The Morgan fingerprint density at radius 2 is 1.94 bits per heavy atom. The highest BCUT2D eigenvalue weighted by Crippen LogP contribution is 2.06. The van der Waals surface area contributed by atoms with Gasteiger partial charge in [0.05, 0.1) is 5.69 Å². The minimum Gasteiger partial charge on any atom is -0.298 e. The molecule has 0 aliphatic rings. The molecule has 0 amide bonds. The van der Waals surface area contributed by atoms with Crippen LogP contribution in [0.15, 0.2) is 35.3 Å². The van der Waals surface area contributed by atoms with E-state index in [1.807, 2.05) is 31.2 Å². The number of benzene rings is 1. The Morgan fingerprint density at radius 3 is 2.56 bits per heavy atom. The van der Waals surface area contributed by atoms with Gasteiger partial charge in [-0.3, -0.25) is 9.89 Å². The van der Waals surface area contributed by atoms with Crippen LogP contribution in [0.3, 0.4) is 0 Å². The van der Waals surface area contributed by atoms with E-state index in [1.165, 1.54) is 5.56 Å². The van der Waals surface area contributed by atoms with Crippen LogP contribution in [0.25, 0.3) is 5.69 Å². The highest BCUT2D eigenvalue weighted by molar-refractivity contribution is 5.34. The van der Waals surface area contributed by atoms with Gasteiger partial charge in [0.25, 0.3) is 5.56 Å². The van der Waals surface area contributed by atoms with Crippen molar-refractivity contribution in [2.24, 2.45) is 0 Å². The SMILES string of the molecule is CCCc1c[nH]n(-c2ccc(C)cc2)c1=O. The van der Waals surface area contributed by atoms with Crippen molar-refractivity contribution in [3.8, 4) is 5.69 Å². The molecule has 1 N–H and O–H groups in total. The molecule has 16 heavy (non-hydrogen) atoms. The number of aryl methyl sites for hydroxylation is 2. The highest BCUT2D eigenvalue weighted by atomic mass is 16.1. The molecule has 84 valence electrons. The summed E-state index contributed by atoms with van der Waals surface area (Å²) >= 11 is 0. The van der Waals surface area contributed by atoms with Crippen LogP contribution in [-0.4, -0.2) is 9.78 Å². The van der Waals surface area contributed by atoms with E-state index < -0.39 is 0 Å². The third-order valence-corrected chi connectivity index (χ3v) is 2.66. The van der Waals surface area contributed by atoms with Crippen molar-refractivity contribution in [1.82, 2.24) is 9.78 Å². The Kier molecular flexibility index (Phi) is 2.95. The first kappa shape index (κ1) is 10.7. The summed E-state index contributed by atoms with van der Waals surface area (Å²) in [6, 6.07) is 7.90. The van der Waals surface area contributed by atoms with E-state index in [-0.39, 0.29) is 5.56 Å². The number of nitrogens with one attached hydrogen (secondary N) is 1. The van der Waals surface area contributed by atoms with Crippen molar-refractivity contribution in [3.05, 3.63) is 51.9 Å². The predicted molar refractivity (Wildman–Crippen MR) is 65.1 cm³/mol. The zero-order chi connectivity index (χ0) is 11.5. The Hall–Kier alpha value is -1.77. The van der Waals surface area contributed by atoms with Crippen LogP contribution in [0.5, 0.6) is 0 Å². The topological polar surface area (TPSA) is 37.8 Å². The summed E-state index contributed by atoms with van der Waals surface area (Å²) in [5.41, 5.74) is 2.99. The van der Waals surface area contributed by atoms with Gasteiger partial charge in [0.1, 0.15) is 0 Å². The highest BCUT2D eigenvalue weighted by Gasteiger charge is 2.06. The summed E-state index contributed by atoms with van der Waals surface area (Å²) < 4.78 is 1.59. The maximum atomic E-state index is 12.0. The van der Waals surface area contributed by atoms with Gasteiger partial charge in [-0.1, -0.05) is 31.0 Å². The van der Waals surface area contributed by atoms with E-state index in [0.29, 0.717) is 0 Å². The summed E-state index contributed by atoms with van der Waals surface area (Å²) in [7, 11) is 0. The van der Waals surface area contributed by atoms with Gasteiger partial charge in [0.15, 0.2) is 0 Å². The zero-order valence-electron chi connectivity index (χ0n) is 9.66. The van der Waals surface area contributed by atoms with Crippen LogP contribution in [-0.2, 0) is 6.42 Å². The molecule has 3 heteroatoms.